The standard InChI is InChI=1S/C15H11F5N2O4/c1-2-26-13(23)10(5-6-21)7-9-3-4-11(8-12(9)22(24)25)14(16,17)15(18,19)20/h3-4,7-8H,2,5H2,1H3. The number of carbonyl (C=O) groups is 1. The fourth-order valence-corrected chi connectivity index (χ4v) is 1.86. The Morgan fingerprint density at radius 3 is 2.42 bits per heavy atom. The lowest BCUT2D eigenvalue weighted by Crippen LogP contribution is -2.33. The summed E-state index contributed by atoms with van der Waals surface area (Å²) in [5, 5.41) is 19.7. The van der Waals surface area contributed by atoms with Crippen molar-refractivity contribution in [3.8, 4) is 6.07 Å². The van der Waals surface area contributed by atoms with Gasteiger partial charge in [0.2, 0.25) is 0 Å². The van der Waals surface area contributed by atoms with Crippen LogP contribution in [0, 0.1) is 21.4 Å². The van der Waals surface area contributed by atoms with E-state index in [0.29, 0.717) is 12.1 Å². The maximum Gasteiger partial charge on any atom is 0.458 e. The van der Waals surface area contributed by atoms with Gasteiger partial charge in [0.15, 0.2) is 0 Å². The van der Waals surface area contributed by atoms with E-state index in [4.69, 9.17) is 5.26 Å². The first kappa shape index (κ1) is 21.0. The number of alkyl halides is 5. The van der Waals surface area contributed by atoms with Gasteiger partial charge in [0, 0.05) is 11.6 Å². The van der Waals surface area contributed by atoms with E-state index in [2.05, 4.69) is 4.74 Å². The molecule has 6 nitrogen and oxygen atoms in total. The van der Waals surface area contributed by atoms with E-state index in [9.17, 15) is 36.9 Å². The fourth-order valence-electron chi connectivity index (χ4n) is 1.86. The van der Waals surface area contributed by atoms with Crippen molar-refractivity contribution in [2.45, 2.75) is 25.4 Å². The molecule has 0 aromatic heterocycles. The number of halogens is 5. The lowest BCUT2D eigenvalue weighted by molar-refractivity contribution is -0.385. The monoisotopic (exact) mass is 378 g/mol. The number of nitrogens with zero attached hydrogens (tertiary/aromatic N) is 2. The number of rotatable bonds is 6. The highest BCUT2D eigenvalue weighted by atomic mass is 19.4. The van der Waals surface area contributed by atoms with Gasteiger partial charge in [-0.1, -0.05) is 6.07 Å². The third-order valence-electron chi connectivity index (χ3n) is 3.08. The molecule has 1 aromatic carbocycles. The van der Waals surface area contributed by atoms with Gasteiger partial charge < -0.3 is 4.74 Å². The summed E-state index contributed by atoms with van der Waals surface area (Å²) in [5.74, 6) is -6.26. The summed E-state index contributed by atoms with van der Waals surface area (Å²) in [6, 6.07) is 2.71. The lowest BCUT2D eigenvalue weighted by Gasteiger charge is -2.19. The molecular weight excluding hydrogens is 367 g/mol. The molecule has 0 fully saturated rings. The highest BCUT2D eigenvalue weighted by molar-refractivity contribution is 5.94. The van der Waals surface area contributed by atoms with Gasteiger partial charge in [-0.2, -0.15) is 27.2 Å². The molecule has 0 saturated carbocycles. The van der Waals surface area contributed by atoms with Crippen LogP contribution in [-0.4, -0.2) is 23.7 Å². The highest BCUT2D eigenvalue weighted by Gasteiger charge is 2.59. The highest BCUT2D eigenvalue weighted by Crippen LogP contribution is 2.45. The molecule has 26 heavy (non-hydrogen) atoms. The van der Waals surface area contributed by atoms with Crippen LogP contribution < -0.4 is 0 Å². The third kappa shape index (κ3) is 4.53. The van der Waals surface area contributed by atoms with Gasteiger partial charge in [-0.3, -0.25) is 10.1 Å². The fraction of sp³-hybridized carbons (Fsp3) is 0.333. The minimum absolute atomic E-state index is 0.0551. The van der Waals surface area contributed by atoms with Crippen molar-refractivity contribution in [3.05, 3.63) is 45.0 Å². The molecule has 1 rings (SSSR count). The minimum atomic E-state index is -5.94. The Kier molecular flexibility index (Phi) is 6.39. The summed E-state index contributed by atoms with van der Waals surface area (Å²) in [6.45, 7) is 1.42. The van der Waals surface area contributed by atoms with Crippen molar-refractivity contribution in [2.24, 2.45) is 0 Å². The van der Waals surface area contributed by atoms with Crippen molar-refractivity contribution >= 4 is 17.7 Å². The lowest BCUT2D eigenvalue weighted by atomic mass is 10.0. The molecule has 0 heterocycles. The summed E-state index contributed by atoms with van der Waals surface area (Å²) in [4.78, 5) is 21.6. The summed E-state index contributed by atoms with van der Waals surface area (Å²) in [6.07, 6.45) is -5.60. The Bertz CT molecular complexity index is 781. The molecule has 11 heteroatoms. The van der Waals surface area contributed by atoms with Gasteiger partial charge in [-0.15, -0.1) is 0 Å². The second-order valence-corrected chi connectivity index (χ2v) is 4.83. The smallest absolute Gasteiger partial charge is 0.458 e. The Hall–Kier alpha value is -3.03. The first-order valence-corrected chi connectivity index (χ1v) is 6.93. The Morgan fingerprint density at radius 2 is 1.96 bits per heavy atom. The number of esters is 1. The van der Waals surface area contributed by atoms with Gasteiger partial charge >= 0.3 is 18.1 Å². The van der Waals surface area contributed by atoms with Gasteiger partial charge in [0.1, 0.15) is 0 Å². The molecule has 0 amide bonds. The first-order chi connectivity index (χ1) is 12.0. The number of carbonyl (C=O) groups excluding carboxylic acids is 1. The van der Waals surface area contributed by atoms with E-state index >= 15 is 0 Å². The molecule has 0 atom stereocenters. The van der Waals surface area contributed by atoms with Crippen molar-refractivity contribution in [2.75, 3.05) is 6.61 Å². The van der Waals surface area contributed by atoms with Crippen LogP contribution in [0.15, 0.2) is 23.8 Å². The molecule has 0 radical (unpaired) electrons. The topological polar surface area (TPSA) is 93.2 Å². The molecular formula is C15H11F5N2O4. The summed E-state index contributed by atoms with van der Waals surface area (Å²) in [5.41, 5.74) is -3.43. The van der Waals surface area contributed by atoms with Gasteiger partial charge in [0.05, 0.1) is 35.2 Å². The Balaban J connectivity index is 3.50. The van der Waals surface area contributed by atoms with E-state index in [1.54, 1.807) is 6.07 Å². The predicted molar refractivity (Wildman–Crippen MR) is 77.9 cm³/mol. The molecule has 1 aromatic rings. The van der Waals surface area contributed by atoms with Crippen molar-refractivity contribution < 1.29 is 36.4 Å². The van der Waals surface area contributed by atoms with Crippen LogP contribution in [0.4, 0.5) is 27.6 Å². The average molecular weight is 378 g/mol. The molecule has 0 bridgehead atoms. The van der Waals surface area contributed by atoms with E-state index in [-0.39, 0.29) is 18.2 Å². The van der Waals surface area contributed by atoms with E-state index < -0.39 is 46.2 Å². The molecule has 140 valence electrons. The van der Waals surface area contributed by atoms with Crippen molar-refractivity contribution in [1.29, 1.82) is 5.26 Å². The van der Waals surface area contributed by atoms with E-state index in [1.807, 2.05) is 0 Å². The molecule has 0 saturated heterocycles. The molecule has 0 aliphatic heterocycles. The maximum atomic E-state index is 13.4. The zero-order chi connectivity index (χ0) is 20.1. The van der Waals surface area contributed by atoms with Crippen LogP contribution in [0.5, 0.6) is 0 Å². The number of nitriles is 1. The first-order valence-electron chi connectivity index (χ1n) is 6.93. The van der Waals surface area contributed by atoms with Gasteiger partial charge in [0.25, 0.3) is 5.69 Å². The van der Waals surface area contributed by atoms with Crippen molar-refractivity contribution in [1.82, 2.24) is 0 Å². The molecule has 0 aliphatic carbocycles. The number of ether oxygens (including phenoxy) is 1. The quantitative estimate of drug-likeness (QED) is 0.244. The Morgan fingerprint density at radius 1 is 1.35 bits per heavy atom. The van der Waals surface area contributed by atoms with Gasteiger partial charge in [-0.05, 0) is 19.1 Å². The van der Waals surface area contributed by atoms with Crippen LogP contribution in [0.25, 0.3) is 6.08 Å². The third-order valence-corrected chi connectivity index (χ3v) is 3.08. The van der Waals surface area contributed by atoms with Crippen LogP contribution in [0.2, 0.25) is 0 Å². The summed E-state index contributed by atoms with van der Waals surface area (Å²) >= 11 is 0. The second-order valence-electron chi connectivity index (χ2n) is 4.83. The number of nitro groups is 1. The maximum absolute atomic E-state index is 13.4. The number of benzene rings is 1. The van der Waals surface area contributed by atoms with Crippen LogP contribution in [0.3, 0.4) is 0 Å². The van der Waals surface area contributed by atoms with Crippen LogP contribution in [0.1, 0.15) is 24.5 Å². The van der Waals surface area contributed by atoms with Crippen molar-refractivity contribution in [3.63, 3.8) is 0 Å². The summed E-state index contributed by atoms with van der Waals surface area (Å²) in [7, 11) is 0. The molecule has 0 spiro atoms. The number of nitro benzene ring substituents is 1. The van der Waals surface area contributed by atoms with E-state index in [0.717, 1.165) is 6.08 Å². The Labute approximate surface area is 143 Å². The van der Waals surface area contributed by atoms with Gasteiger partial charge in [-0.25, -0.2) is 4.79 Å². The van der Waals surface area contributed by atoms with Crippen LogP contribution in [-0.2, 0) is 15.5 Å². The summed E-state index contributed by atoms with van der Waals surface area (Å²) < 4.78 is 68.7. The second kappa shape index (κ2) is 7.90. The SMILES string of the molecule is CCOC(=O)C(=Cc1ccc(C(F)(F)C(F)(F)F)cc1[N+](=O)[O-])CC#N. The zero-order valence-corrected chi connectivity index (χ0v) is 13.1. The molecule has 0 aliphatic rings. The molecule has 0 N–H and O–H groups in total. The average Bonchev–Trinajstić information content (AvgIpc) is 2.53. The largest absolute Gasteiger partial charge is 0.463 e. The molecule has 0 unspecified atom stereocenters. The van der Waals surface area contributed by atoms with Crippen LogP contribution >= 0.6 is 0 Å². The van der Waals surface area contributed by atoms with E-state index in [1.165, 1.54) is 6.92 Å². The predicted octanol–water partition coefficient (Wildman–Crippen LogP) is 4.11. The normalized spacial score (nSPS) is 12.4. The minimum Gasteiger partial charge on any atom is -0.463 e. The zero-order valence-electron chi connectivity index (χ0n) is 13.1. The number of hydrogen-bond donors (Lipinski definition) is 0. The number of hydrogen-bond acceptors (Lipinski definition) is 5.